The molecule has 15 heavy (non-hydrogen) atoms. The minimum Gasteiger partial charge on any atom is -0.497 e. The summed E-state index contributed by atoms with van der Waals surface area (Å²) in [5.41, 5.74) is 0.958. The highest BCUT2D eigenvalue weighted by Crippen LogP contribution is 2.14. The number of ether oxygens (including phenoxy) is 2. The number of benzene rings is 1. The lowest BCUT2D eigenvalue weighted by molar-refractivity contribution is -0.140. The predicted molar refractivity (Wildman–Crippen MR) is 58.1 cm³/mol. The SMILES string of the molecule is COC(=O)CCNc1ccc(OC)cc1. The fraction of sp³-hybridized carbons (Fsp3) is 0.364. The van der Waals surface area contributed by atoms with E-state index in [9.17, 15) is 4.79 Å². The van der Waals surface area contributed by atoms with E-state index in [2.05, 4.69) is 10.1 Å². The Morgan fingerprint density at radius 3 is 2.47 bits per heavy atom. The van der Waals surface area contributed by atoms with Crippen molar-refractivity contribution in [3.8, 4) is 5.75 Å². The Labute approximate surface area is 89.2 Å². The summed E-state index contributed by atoms with van der Waals surface area (Å²) in [6.07, 6.45) is 0.364. The fourth-order valence-electron chi connectivity index (χ4n) is 1.12. The lowest BCUT2D eigenvalue weighted by Gasteiger charge is -2.06. The number of methoxy groups -OCH3 is 2. The first-order chi connectivity index (χ1) is 7.26. The summed E-state index contributed by atoms with van der Waals surface area (Å²) >= 11 is 0. The number of rotatable bonds is 5. The van der Waals surface area contributed by atoms with Crippen molar-refractivity contribution in [2.24, 2.45) is 0 Å². The molecule has 0 aliphatic rings. The zero-order chi connectivity index (χ0) is 11.1. The Bertz CT molecular complexity index is 308. The summed E-state index contributed by atoms with van der Waals surface area (Å²) in [5, 5.41) is 3.10. The third kappa shape index (κ3) is 3.89. The van der Waals surface area contributed by atoms with E-state index in [0.29, 0.717) is 13.0 Å². The minimum atomic E-state index is -0.212. The van der Waals surface area contributed by atoms with Gasteiger partial charge in [-0.3, -0.25) is 4.79 Å². The van der Waals surface area contributed by atoms with Gasteiger partial charge in [-0.05, 0) is 24.3 Å². The number of carbonyl (C=O) groups excluding carboxylic acids is 1. The van der Waals surface area contributed by atoms with Gasteiger partial charge in [0.2, 0.25) is 0 Å². The van der Waals surface area contributed by atoms with Crippen molar-refractivity contribution in [1.29, 1.82) is 0 Å². The number of hydrogen-bond acceptors (Lipinski definition) is 4. The maximum absolute atomic E-state index is 10.8. The van der Waals surface area contributed by atoms with Gasteiger partial charge >= 0.3 is 5.97 Å². The van der Waals surface area contributed by atoms with Crippen LogP contribution in [0.1, 0.15) is 6.42 Å². The Balaban J connectivity index is 2.34. The first-order valence-corrected chi connectivity index (χ1v) is 4.71. The molecule has 0 radical (unpaired) electrons. The molecule has 0 amide bonds. The van der Waals surface area contributed by atoms with Gasteiger partial charge in [-0.15, -0.1) is 0 Å². The van der Waals surface area contributed by atoms with E-state index >= 15 is 0 Å². The molecule has 0 aliphatic heterocycles. The van der Waals surface area contributed by atoms with Crippen molar-refractivity contribution >= 4 is 11.7 Å². The fourth-order valence-corrected chi connectivity index (χ4v) is 1.12. The normalized spacial score (nSPS) is 9.47. The topological polar surface area (TPSA) is 47.6 Å². The molecule has 0 aromatic heterocycles. The van der Waals surface area contributed by atoms with E-state index in [-0.39, 0.29) is 5.97 Å². The van der Waals surface area contributed by atoms with Gasteiger partial charge in [0, 0.05) is 12.2 Å². The largest absolute Gasteiger partial charge is 0.497 e. The molecule has 0 saturated heterocycles. The summed E-state index contributed by atoms with van der Waals surface area (Å²) in [7, 11) is 3.01. The molecule has 0 unspecified atom stereocenters. The van der Waals surface area contributed by atoms with Gasteiger partial charge in [-0.1, -0.05) is 0 Å². The lowest BCUT2D eigenvalue weighted by atomic mass is 10.3. The number of carbonyl (C=O) groups is 1. The van der Waals surface area contributed by atoms with Crippen LogP contribution in [0.5, 0.6) is 5.75 Å². The van der Waals surface area contributed by atoms with Crippen LogP contribution in [0.25, 0.3) is 0 Å². The van der Waals surface area contributed by atoms with E-state index in [4.69, 9.17) is 4.74 Å². The van der Waals surface area contributed by atoms with Gasteiger partial charge in [0.1, 0.15) is 5.75 Å². The second-order valence-electron chi connectivity index (χ2n) is 2.98. The van der Waals surface area contributed by atoms with Crippen LogP contribution < -0.4 is 10.1 Å². The van der Waals surface area contributed by atoms with Gasteiger partial charge in [-0.25, -0.2) is 0 Å². The average molecular weight is 209 g/mol. The maximum atomic E-state index is 10.8. The van der Waals surface area contributed by atoms with E-state index in [0.717, 1.165) is 11.4 Å². The van der Waals surface area contributed by atoms with Crippen molar-refractivity contribution in [3.05, 3.63) is 24.3 Å². The highest BCUT2D eigenvalue weighted by molar-refractivity contribution is 5.69. The summed E-state index contributed by atoms with van der Waals surface area (Å²) in [6.45, 7) is 0.568. The molecule has 1 aromatic rings. The molecule has 0 aliphatic carbocycles. The van der Waals surface area contributed by atoms with E-state index in [1.165, 1.54) is 7.11 Å². The highest BCUT2D eigenvalue weighted by atomic mass is 16.5. The van der Waals surface area contributed by atoms with Crippen molar-refractivity contribution in [2.45, 2.75) is 6.42 Å². The standard InChI is InChI=1S/C11H15NO3/c1-14-10-5-3-9(4-6-10)12-8-7-11(13)15-2/h3-6,12H,7-8H2,1-2H3. The molecule has 0 fully saturated rings. The van der Waals surface area contributed by atoms with Crippen LogP contribution in [-0.2, 0) is 9.53 Å². The van der Waals surface area contributed by atoms with Crippen molar-refractivity contribution in [3.63, 3.8) is 0 Å². The lowest BCUT2D eigenvalue weighted by Crippen LogP contribution is -2.09. The zero-order valence-corrected chi connectivity index (χ0v) is 8.95. The summed E-state index contributed by atoms with van der Waals surface area (Å²) in [4.78, 5) is 10.8. The van der Waals surface area contributed by atoms with E-state index < -0.39 is 0 Å². The molecular formula is C11H15NO3. The van der Waals surface area contributed by atoms with Crippen LogP contribution >= 0.6 is 0 Å². The number of nitrogens with one attached hydrogen (secondary N) is 1. The molecular weight excluding hydrogens is 194 g/mol. The van der Waals surface area contributed by atoms with Crippen molar-refractivity contribution < 1.29 is 14.3 Å². The minimum absolute atomic E-state index is 0.212. The molecule has 0 heterocycles. The summed E-state index contributed by atoms with van der Waals surface area (Å²) in [5.74, 6) is 0.601. The molecule has 0 spiro atoms. The second kappa shape index (κ2) is 5.90. The first-order valence-electron chi connectivity index (χ1n) is 4.71. The van der Waals surface area contributed by atoms with Crippen LogP contribution in [-0.4, -0.2) is 26.7 Å². The smallest absolute Gasteiger partial charge is 0.307 e. The van der Waals surface area contributed by atoms with Crippen molar-refractivity contribution in [1.82, 2.24) is 0 Å². The number of anilines is 1. The quantitative estimate of drug-likeness (QED) is 0.749. The summed E-state index contributed by atoms with van der Waals surface area (Å²) < 4.78 is 9.55. The highest BCUT2D eigenvalue weighted by Gasteiger charge is 1.99. The third-order valence-corrected chi connectivity index (χ3v) is 1.98. The van der Waals surface area contributed by atoms with E-state index in [1.54, 1.807) is 7.11 Å². The second-order valence-corrected chi connectivity index (χ2v) is 2.98. The average Bonchev–Trinajstić information content (AvgIpc) is 2.29. The Morgan fingerprint density at radius 1 is 1.27 bits per heavy atom. The molecule has 1 rings (SSSR count). The molecule has 0 saturated carbocycles. The zero-order valence-electron chi connectivity index (χ0n) is 8.95. The van der Waals surface area contributed by atoms with Gasteiger partial charge in [0.05, 0.1) is 20.6 Å². The third-order valence-electron chi connectivity index (χ3n) is 1.98. The Kier molecular flexibility index (Phi) is 4.47. The molecule has 1 N–H and O–H groups in total. The van der Waals surface area contributed by atoms with Crippen LogP contribution in [0, 0.1) is 0 Å². The first kappa shape index (κ1) is 11.4. The van der Waals surface area contributed by atoms with Crippen LogP contribution in [0.4, 0.5) is 5.69 Å². The van der Waals surface area contributed by atoms with Gasteiger partial charge in [0.25, 0.3) is 0 Å². The Morgan fingerprint density at radius 2 is 1.93 bits per heavy atom. The molecule has 0 atom stereocenters. The van der Waals surface area contributed by atoms with Gasteiger partial charge < -0.3 is 14.8 Å². The predicted octanol–water partition coefficient (Wildman–Crippen LogP) is 1.67. The Hall–Kier alpha value is -1.71. The summed E-state index contributed by atoms with van der Waals surface area (Å²) in [6, 6.07) is 7.52. The molecule has 4 heteroatoms. The molecule has 1 aromatic carbocycles. The molecule has 82 valence electrons. The molecule has 0 bridgehead atoms. The van der Waals surface area contributed by atoms with Gasteiger partial charge in [-0.2, -0.15) is 0 Å². The molecule has 4 nitrogen and oxygen atoms in total. The van der Waals surface area contributed by atoms with E-state index in [1.807, 2.05) is 24.3 Å². The van der Waals surface area contributed by atoms with Crippen molar-refractivity contribution in [2.75, 3.05) is 26.1 Å². The number of hydrogen-bond donors (Lipinski definition) is 1. The maximum Gasteiger partial charge on any atom is 0.307 e. The van der Waals surface area contributed by atoms with Crippen LogP contribution in [0.3, 0.4) is 0 Å². The van der Waals surface area contributed by atoms with Gasteiger partial charge in [0.15, 0.2) is 0 Å². The van der Waals surface area contributed by atoms with Crippen LogP contribution in [0.2, 0.25) is 0 Å². The number of esters is 1. The monoisotopic (exact) mass is 209 g/mol. The van der Waals surface area contributed by atoms with Crippen LogP contribution in [0.15, 0.2) is 24.3 Å².